The minimum Gasteiger partial charge on any atom is -0.354 e. The maximum Gasteiger partial charge on any atom is 0.274 e. The Morgan fingerprint density at radius 2 is 2.26 bits per heavy atom. The summed E-state index contributed by atoms with van der Waals surface area (Å²) >= 11 is 0. The van der Waals surface area contributed by atoms with E-state index >= 15 is 0 Å². The Bertz CT molecular complexity index is 520. The van der Waals surface area contributed by atoms with Gasteiger partial charge in [-0.1, -0.05) is 6.92 Å². The number of carbonyl (C=O) groups is 2. The van der Waals surface area contributed by atoms with Crippen molar-refractivity contribution in [2.45, 2.75) is 45.1 Å². The van der Waals surface area contributed by atoms with Crippen molar-refractivity contribution in [1.82, 2.24) is 20.4 Å². The maximum atomic E-state index is 12.6. The minimum absolute atomic E-state index is 0. The van der Waals surface area contributed by atoms with E-state index in [1.165, 1.54) is 0 Å². The Hall–Kier alpha value is -1.60. The van der Waals surface area contributed by atoms with E-state index in [9.17, 15) is 9.59 Å². The van der Waals surface area contributed by atoms with Gasteiger partial charge in [0.25, 0.3) is 5.91 Å². The number of piperidine rings is 1. The first kappa shape index (κ1) is 19.4. The number of hydrogen-bond acceptors (Lipinski definition) is 4. The molecule has 0 radical (unpaired) electrons. The zero-order valence-corrected chi connectivity index (χ0v) is 14.3. The van der Waals surface area contributed by atoms with Crippen molar-refractivity contribution in [2.75, 3.05) is 19.6 Å². The number of nitrogens with one attached hydrogen (secondary N) is 2. The molecule has 0 spiro atoms. The highest BCUT2D eigenvalue weighted by Gasteiger charge is 2.28. The summed E-state index contributed by atoms with van der Waals surface area (Å²) in [6, 6.07) is 1.84. The van der Waals surface area contributed by atoms with Crippen molar-refractivity contribution < 1.29 is 9.59 Å². The molecule has 1 fully saturated rings. The van der Waals surface area contributed by atoms with Crippen LogP contribution in [0.5, 0.6) is 0 Å². The lowest BCUT2D eigenvalue weighted by atomic mass is 10.0. The number of amides is 2. The average Bonchev–Trinajstić information content (AvgIpc) is 3.02. The van der Waals surface area contributed by atoms with Crippen LogP contribution in [-0.4, -0.2) is 52.6 Å². The van der Waals surface area contributed by atoms with Crippen LogP contribution in [0.2, 0.25) is 0 Å². The Morgan fingerprint density at radius 3 is 2.91 bits per heavy atom. The number of likely N-dealkylation sites (tertiary alicyclic amines) is 1. The lowest BCUT2D eigenvalue weighted by Crippen LogP contribution is -2.49. The quantitative estimate of drug-likeness (QED) is 0.712. The molecule has 1 unspecified atom stereocenters. The lowest BCUT2D eigenvalue weighted by Gasteiger charge is -2.35. The van der Waals surface area contributed by atoms with Gasteiger partial charge < -0.3 is 16.0 Å². The van der Waals surface area contributed by atoms with E-state index in [-0.39, 0.29) is 30.3 Å². The minimum atomic E-state index is -0.0616. The van der Waals surface area contributed by atoms with Gasteiger partial charge in [0.2, 0.25) is 5.91 Å². The standard InChI is InChI=1S/C15H25N5O2.ClH/c1-2-11-9-13(19-18-11)15(22)20-8-4-3-5-12(20)10-17-14(21)6-7-16;/h9,12H,2-8,10,16H2,1H3,(H,17,21)(H,18,19);1H. The Kier molecular flexibility index (Phi) is 8.05. The van der Waals surface area contributed by atoms with Crippen molar-refractivity contribution >= 4 is 24.2 Å². The fourth-order valence-electron chi connectivity index (χ4n) is 2.73. The second-order valence-corrected chi connectivity index (χ2v) is 5.62. The van der Waals surface area contributed by atoms with Crippen molar-refractivity contribution in [3.63, 3.8) is 0 Å². The molecule has 1 aliphatic heterocycles. The number of H-pyrrole nitrogens is 1. The molecular weight excluding hydrogens is 318 g/mol. The van der Waals surface area contributed by atoms with Crippen molar-refractivity contribution in [3.8, 4) is 0 Å². The number of nitrogens with two attached hydrogens (primary N) is 1. The van der Waals surface area contributed by atoms with Crippen LogP contribution in [0.3, 0.4) is 0 Å². The third kappa shape index (κ3) is 5.21. The first-order valence-electron chi connectivity index (χ1n) is 7.97. The van der Waals surface area contributed by atoms with E-state index in [1.807, 2.05) is 11.8 Å². The molecule has 0 aromatic carbocycles. The van der Waals surface area contributed by atoms with E-state index < -0.39 is 0 Å². The molecule has 0 saturated carbocycles. The molecule has 0 aliphatic carbocycles. The fourth-order valence-corrected chi connectivity index (χ4v) is 2.73. The third-order valence-corrected chi connectivity index (χ3v) is 4.03. The molecule has 1 aliphatic rings. The number of nitrogens with zero attached hydrogens (tertiary/aromatic N) is 2. The van der Waals surface area contributed by atoms with Gasteiger partial charge in [-0.25, -0.2) is 0 Å². The summed E-state index contributed by atoms with van der Waals surface area (Å²) in [4.78, 5) is 26.0. The van der Waals surface area contributed by atoms with E-state index in [4.69, 9.17) is 5.73 Å². The van der Waals surface area contributed by atoms with E-state index in [2.05, 4.69) is 15.5 Å². The maximum absolute atomic E-state index is 12.6. The smallest absolute Gasteiger partial charge is 0.274 e. The van der Waals surface area contributed by atoms with Gasteiger partial charge in [-0.3, -0.25) is 14.7 Å². The molecule has 2 rings (SSSR count). The number of rotatable bonds is 6. The van der Waals surface area contributed by atoms with Crippen molar-refractivity contribution in [1.29, 1.82) is 0 Å². The summed E-state index contributed by atoms with van der Waals surface area (Å²) in [5.74, 6) is -0.123. The predicted octanol–water partition coefficient (Wildman–Crippen LogP) is 0.854. The van der Waals surface area contributed by atoms with Gasteiger partial charge in [-0.15, -0.1) is 12.4 Å². The molecule has 1 atom stereocenters. The zero-order valence-electron chi connectivity index (χ0n) is 13.5. The van der Waals surface area contributed by atoms with Gasteiger partial charge in [-0.05, 0) is 31.7 Å². The number of aromatic amines is 1. The SMILES string of the molecule is CCc1cc(C(=O)N2CCCCC2CNC(=O)CCN)n[nH]1.Cl. The van der Waals surface area contributed by atoms with E-state index in [0.717, 1.165) is 31.4 Å². The molecule has 1 aromatic rings. The largest absolute Gasteiger partial charge is 0.354 e. The number of halogens is 1. The molecule has 0 bridgehead atoms. The van der Waals surface area contributed by atoms with Crippen molar-refractivity contribution in [2.24, 2.45) is 5.73 Å². The molecule has 7 nitrogen and oxygen atoms in total. The zero-order chi connectivity index (χ0) is 15.9. The normalized spacial score (nSPS) is 17.5. The summed E-state index contributed by atoms with van der Waals surface area (Å²) in [7, 11) is 0. The lowest BCUT2D eigenvalue weighted by molar-refractivity contribution is -0.121. The first-order valence-corrected chi connectivity index (χ1v) is 7.97. The molecule has 1 aromatic heterocycles. The highest BCUT2D eigenvalue weighted by atomic mass is 35.5. The first-order chi connectivity index (χ1) is 10.7. The van der Waals surface area contributed by atoms with Crippen LogP contribution >= 0.6 is 12.4 Å². The fraction of sp³-hybridized carbons (Fsp3) is 0.667. The van der Waals surface area contributed by atoms with Crippen LogP contribution in [0.1, 0.15) is 48.8 Å². The molecule has 4 N–H and O–H groups in total. The van der Waals surface area contributed by atoms with Crippen LogP contribution in [0.15, 0.2) is 6.07 Å². The van der Waals surface area contributed by atoms with E-state index in [1.54, 1.807) is 6.07 Å². The second-order valence-electron chi connectivity index (χ2n) is 5.62. The number of aryl methyl sites for hydroxylation is 1. The summed E-state index contributed by atoms with van der Waals surface area (Å²) in [6.07, 6.45) is 4.10. The Morgan fingerprint density at radius 1 is 1.48 bits per heavy atom. The van der Waals surface area contributed by atoms with Gasteiger partial charge in [0.15, 0.2) is 0 Å². The second kappa shape index (κ2) is 9.52. The van der Waals surface area contributed by atoms with Gasteiger partial charge in [0.05, 0.1) is 0 Å². The average molecular weight is 344 g/mol. The molecule has 2 amide bonds. The highest BCUT2D eigenvalue weighted by molar-refractivity contribution is 5.92. The Labute approximate surface area is 142 Å². The number of aromatic nitrogens is 2. The van der Waals surface area contributed by atoms with Crippen LogP contribution in [0.25, 0.3) is 0 Å². The molecule has 2 heterocycles. The molecule has 8 heteroatoms. The molecule has 23 heavy (non-hydrogen) atoms. The van der Waals surface area contributed by atoms with Crippen LogP contribution < -0.4 is 11.1 Å². The molecule has 130 valence electrons. The van der Waals surface area contributed by atoms with Gasteiger partial charge in [0.1, 0.15) is 5.69 Å². The van der Waals surface area contributed by atoms with Gasteiger partial charge in [0, 0.05) is 37.8 Å². The molecular formula is C15H26ClN5O2. The highest BCUT2D eigenvalue weighted by Crippen LogP contribution is 2.19. The number of carbonyl (C=O) groups excluding carboxylic acids is 2. The Balaban J connectivity index is 0.00000264. The summed E-state index contributed by atoms with van der Waals surface area (Å²) in [5.41, 5.74) is 6.78. The van der Waals surface area contributed by atoms with Crippen LogP contribution in [0.4, 0.5) is 0 Å². The topological polar surface area (TPSA) is 104 Å². The predicted molar refractivity (Wildman–Crippen MR) is 90.6 cm³/mol. The third-order valence-electron chi connectivity index (χ3n) is 4.03. The van der Waals surface area contributed by atoms with E-state index in [0.29, 0.717) is 31.7 Å². The summed E-state index contributed by atoms with van der Waals surface area (Å²) < 4.78 is 0. The summed E-state index contributed by atoms with van der Waals surface area (Å²) in [5, 5.41) is 9.84. The summed E-state index contributed by atoms with van der Waals surface area (Å²) in [6.45, 7) is 3.55. The van der Waals surface area contributed by atoms with Crippen LogP contribution in [-0.2, 0) is 11.2 Å². The monoisotopic (exact) mass is 343 g/mol. The number of hydrogen-bond donors (Lipinski definition) is 3. The van der Waals surface area contributed by atoms with Crippen molar-refractivity contribution in [3.05, 3.63) is 17.5 Å². The van der Waals surface area contributed by atoms with Gasteiger partial charge >= 0.3 is 0 Å². The van der Waals surface area contributed by atoms with Gasteiger partial charge in [-0.2, -0.15) is 5.10 Å². The molecule has 1 saturated heterocycles. The van der Waals surface area contributed by atoms with Crippen LogP contribution in [0, 0.1) is 0 Å².